The number of nitrogens with one attached hydrogen (secondary N) is 1. The van der Waals surface area contributed by atoms with Gasteiger partial charge in [-0.1, -0.05) is 24.3 Å². The molecule has 1 saturated heterocycles. The van der Waals surface area contributed by atoms with Crippen molar-refractivity contribution in [3.8, 4) is 0 Å². The number of hydrogen-bond acceptors (Lipinski definition) is 2. The van der Waals surface area contributed by atoms with Crippen LogP contribution in [-0.4, -0.2) is 30.6 Å². The normalized spacial score (nSPS) is 23.4. The first kappa shape index (κ1) is 15.8. The van der Waals surface area contributed by atoms with Gasteiger partial charge in [-0.05, 0) is 36.9 Å². The quantitative estimate of drug-likeness (QED) is 0.855. The van der Waals surface area contributed by atoms with Crippen molar-refractivity contribution in [2.45, 2.75) is 31.8 Å². The number of fused-ring (bicyclic) bond motifs is 1. The summed E-state index contributed by atoms with van der Waals surface area (Å²) in [6.45, 7) is 4.79. The molecule has 2 aliphatic rings. The van der Waals surface area contributed by atoms with Gasteiger partial charge in [-0.15, -0.1) is 24.8 Å². The molecule has 1 aromatic carbocycles. The van der Waals surface area contributed by atoms with E-state index in [0.717, 1.165) is 12.6 Å². The third kappa shape index (κ3) is 3.39. The van der Waals surface area contributed by atoms with E-state index in [1.807, 2.05) is 0 Å². The molecule has 0 radical (unpaired) electrons. The van der Waals surface area contributed by atoms with Gasteiger partial charge in [0, 0.05) is 25.7 Å². The Labute approximate surface area is 122 Å². The van der Waals surface area contributed by atoms with Gasteiger partial charge in [0.15, 0.2) is 0 Å². The van der Waals surface area contributed by atoms with Crippen molar-refractivity contribution >= 4 is 24.8 Å². The summed E-state index contributed by atoms with van der Waals surface area (Å²) in [6, 6.07) is 9.67. The zero-order valence-electron chi connectivity index (χ0n) is 10.6. The molecule has 4 heteroatoms. The molecular weight excluding hydrogens is 267 g/mol. The number of nitrogens with zero attached hydrogens (tertiary/aromatic N) is 1. The smallest absolute Gasteiger partial charge is 0.0240 e. The molecule has 18 heavy (non-hydrogen) atoms. The first-order chi connectivity index (χ1) is 7.93. The molecule has 1 N–H and O–H groups in total. The largest absolute Gasteiger partial charge is 0.315 e. The third-order valence-corrected chi connectivity index (χ3v) is 3.95. The highest BCUT2D eigenvalue weighted by Crippen LogP contribution is 2.22. The molecule has 0 spiro atoms. The fraction of sp³-hybridized carbons (Fsp3) is 0.571. The minimum Gasteiger partial charge on any atom is -0.315 e. The maximum absolute atomic E-state index is 3.51. The topological polar surface area (TPSA) is 15.3 Å². The Balaban J connectivity index is 0.000000810. The number of piperidine rings is 1. The Hall–Kier alpha value is -0.280. The summed E-state index contributed by atoms with van der Waals surface area (Å²) >= 11 is 0. The highest BCUT2D eigenvalue weighted by Gasteiger charge is 2.24. The van der Waals surface area contributed by atoms with E-state index in [9.17, 15) is 0 Å². The molecule has 0 aliphatic carbocycles. The molecular formula is C14H22Cl2N2. The van der Waals surface area contributed by atoms with Crippen LogP contribution in [0.25, 0.3) is 0 Å². The summed E-state index contributed by atoms with van der Waals surface area (Å²) in [4.78, 5) is 2.66. The second-order valence-electron chi connectivity index (χ2n) is 4.99. The molecule has 1 fully saturated rings. The van der Waals surface area contributed by atoms with Gasteiger partial charge in [0.05, 0.1) is 0 Å². The third-order valence-electron chi connectivity index (χ3n) is 3.95. The second-order valence-corrected chi connectivity index (χ2v) is 4.99. The Morgan fingerprint density at radius 1 is 1.11 bits per heavy atom. The van der Waals surface area contributed by atoms with Crippen molar-refractivity contribution in [1.82, 2.24) is 10.2 Å². The molecule has 0 aromatic heterocycles. The van der Waals surface area contributed by atoms with Crippen LogP contribution in [0.4, 0.5) is 0 Å². The maximum Gasteiger partial charge on any atom is 0.0240 e. The van der Waals surface area contributed by atoms with Gasteiger partial charge in [0.1, 0.15) is 0 Å². The van der Waals surface area contributed by atoms with Crippen LogP contribution in [-0.2, 0) is 13.0 Å². The van der Waals surface area contributed by atoms with E-state index in [-0.39, 0.29) is 24.8 Å². The number of benzene rings is 1. The van der Waals surface area contributed by atoms with Crippen LogP contribution in [0.5, 0.6) is 0 Å². The zero-order chi connectivity index (χ0) is 10.8. The first-order valence-electron chi connectivity index (χ1n) is 6.45. The van der Waals surface area contributed by atoms with Crippen LogP contribution in [0.2, 0.25) is 0 Å². The van der Waals surface area contributed by atoms with Crippen molar-refractivity contribution in [3.05, 3.63) is 35.4 Å². The zero-order valence-corrected chi connectivity index (χ0v) is 12.2. The van der Waals surface area contributed by atoms with Crippen molar-refractivity contribution in [2.24, 2.45) is 0 Å². The standard InChI is InChI=1S/C14H20N2.2ClH/c1-2-5-13-11-16(9-7-12(13)4-1)14-6-3-8-15-10-14;;/h1-2,4-5,14-15H,3,6-11H2;2*1H. The molecule has 0 bridgehead atoms. The van der Waals surface area contributed by atoms with Crippen molar-refractivity contribution in [2.75, 3.05) is 19.6 Å². The van der Waals surface area contributed by atoms with Gasteiger partial charge in [-0.25, -0.2) is 0 Å². The summed E-state index contributed by atoms with van der Waals surface area (Å²) in [5.41, 5.74) is 3.10. The minimum absolute atomic E-state index is 0. The Morgan fingerprint density at radius 2 is 1.89 bits per heavy atom. The van der Waals surface area contributed by atoms with E-state index in [1.165, 1.54) is 38.9 Å². The second kappa shape index (κ2) is 7.34. The Kier molecular flexibility index (Phi) is 6.44. The van der Waals surface area contributed by atoms with Gasteiger partial charge in [-0.2, -0.15) is 0 Å². The van der Waals surface area contributed by atoms with E-state index < -0.39 is 0 Å². The van der Waals surface area contributed by atoms with E-state index in [1.54, 1.807) is 11.1 Å². The average Bonchev–Trinajstić information content (AvgIpc) is 2.39. The van der Waals surface area contributed by atoms with Crippen molar-refractivity contribution in [3.63, 3.8) is 0 Å². The lowest BCUT2D eigenvalue weighted by molar-refractivity contribution is 0.151. The van der Waals surface area contributed by atoms with Crippen LogP contribution in [0, 0.1) is 0 Å². The number of halogens is 2. The van der Waals surface area contributed by atoms with Crippen LogP contribution >= 0.6 is 24.8 Å². The molecule has 1 unspecified atom stereocenters. The summed E-state index contributed by atoms with van der Waals surface area (Å²) < 4.78 is 0. The highest BCUT2D eigenvalue weighted by atomic mass is 35.5. The van der Waals surface area contributed by atoms with Crippen molar-refractivity contribution < 1.29 is 0 Å². The fourth-order valence-electron chi connectivity index (χ4n) is 2.97. The molecule has 2 aliphatic heterocycles. The molecule has 1 aromatic rings. The molecule has 0 saturated carbocycles. The lowest BCUT2D eigenvalue weighted by atomic mass is 9.96. The van der Waals surface area contributed by atoms with Crippen molar-refractivity contribution in [1.29, 1.82) is 0 Å². The molecule has 102 valence electrons. The number of hydrogen-bond donors (Lipinski definition) is 1. The fourth-order valence-corrected chi connectivity index (χ4v) is 2.97. The van der Waals surface area contributed by atoms with E-state index in [0.29, 0.717) is 0 Å². The minimum atomic E-state index is 0. The summed E-state index contributed by atoms with van der Waals surface area (Å²) in [5, 5.41) is 3.51. The summed E-state index contributed by atoms with van der Waals surface area (Å²) in [7, 11) is 0. The predicted octanol–water partition coefficient (Wildman–Crippen LogP) is 2.64. The van der Waals surface area contributed by atoms with E-state index in [4.69, 9.17) is 0 Å². The lowest BCUT2D eigenvalue weighted by Gasteiger charge is -2.37. The molecule has 1 atom stereocenters. The van der Waals surface area contributed by atoms with Gasteiger partial charge in [0.25, 0.3) is 0 Å². The SMILES string of the molecule is Cl.Cl.c1ccc2c(c1)CCN(C1CCCNC1)C2. The monoisotopic (exact) mass is 288 g/mol. The van der Waals surface area contributed by atoms with Gasteiger partial charge >= 0.3 is 0 Å². The predicted molar refractivity (Wildman–Crippen MR) is 80.9 cm³/mol. The van der Waals surface area contributed by atoms with E-state index in [2.05, 4.69) is 34.5 Å². The van der Waals surface area contributed by atoms with Gasteiger partial charge < -0.3 is 5.32 Å². The van der Waals surface area contributed by atoms with Crippen LogP contribution in [0.1, 0.15) is 24.0 Å². The first-order valence-corrected chi connectivity index (χ1v) is 6.45. The van der Waals surface area contributed by atoms with Gasteiger partial charge in [0.2, 0.25) is 0 Å². The average molecular weight is 289 g/mol. The lowest BCUT2D eigenvalue weighted by Crippen LogP contribution is -2.47. The Bertz CT molecular complexity index is 365. The summed E-state index contributed by atoms with van der Waals surface area (Å²) in [6.07, 6.45) is 3.94. The van der Waals surface area contributed by atoms with E-state index >= 15 is 0 Å². The van der Waals surface area contributed by atoms with Crippen LogP contribution in [0.3, 0.4) is 0 Å². The van der Waals surface area contributed by atoms with Gasteiger partial charge in [-0.3, -0.25) is 4.90 Å². The Morgan fingerprint density at radius 3 is 2.61 bits per heavy atom. The summed E-state index contributed by atoms with van der Waals surface area (Å²) in [5.74, 6) is 0. The highest BCUT2D eigenvalue weighted by molar-refractivity contribution is 5.85. The maximum atomic E-state index is 3.51. The molecule has 2 heterocycles. The molecule has 3 rings (SSSR count). The number of rotatable bonds is 1. The molecule has 2 nitrogen and oxygen atoms in total. The molecule has 0 amide bonds. The van der Waals surface area contributed by atoms with Crippen LogP contribution < -0.4 is 5.32 Å². The van der Waals surface area contributed by atoms with Crippen LogP contribution in [0.15, 0.2) is 24.3 Å².